The van der Waals surface area contributed by atoms with Crippen molar-refractivity contribution >= 4 is 5.91 Å². The lowest BCUT2D eigenvalue weighted by Gasteiger charge is -2.29. The molecular formula is C12H22N2O2. The predicted octanol–water partition coefficient (Wildman–Crippen LogP) is 1.11. The van der Waals surface area contributed by atoms with Gasteiger partial charge in [-0.05, 0) is 33.1 Å². The molecule has 0 aromatic rings. The van der Waals surface area contributed by atoms with Gasteiger partial charge in [0.2, 0.25) is 5.91 Å². The second-order valence-corrected chi connectivity index (χ2v) is 5.09. The van der Waals surface area contributed by atoms with Crippen molar-refractivity contribution in [2.45, 2.75) is 57.7 Å². The van der Waals surface area contributed by atoms with Gasteiger partial charge in [-0.25, -0.2) is 0 Å². The molecule has 0 aromatic heterocycles. The van der Waals surface area contributed by atoms with Crippen LogP contribution in [0.25, 0.3) is 0 Å². The zero-order chi connectivity index (χ0) is 11.8. The molecule has 1 amide bonds. The Balaban J connectivity index is 2.03. The van der Waals surface area contributed by atoms with Gasteiger partial charge in [0.25, 0.3) is 0 Å². The van der Waals surface area contributed by atoms with Crippen molar-refractivity contribution in [3.63, 3.8) is 0 Å². The van der Waals surface area contributed by atoms with E-state index in [-0.39, 0.29) is 23.6 Å². The van der Waals surface area contributed by atoms with E-state index in [2.05, 4.69) is 12.2 Å². The molecule has 3 unspecified atom stereocenters. The molecule has 0 saturated carbocycles. The van der Waals surface area contributed by atoms with E-state index in [1.807, 2.05) is 18.7 Å². The number of amides is 1. The molecule has 4 heteroatoms. The molecule has 2 saturated heterocycles. The molecule has 0 aliphatic carbocycles. The molecule has 0 aromatic carbocycles. The lowest BCUT2D eigenvalue weighted by molar-refractivity contribution is -0.135. The summed E-state index contributed by atoms with van der Waals surface area (Å²) in [5.41, 5.74) is -0.368. The van der Waals surface area contributed by atoms with Gasteiger partial charge in [0, 0.05) is 6.61 Å². The Kier molecular flexibility index (Phi) is 3.22. The van der Waals surface area contributed by atoms with Gasteiger partial charge >= 0.3 is 0 Å². The summed E-state index contributed by atoms with van der Waals surface area (Å²) < 4.78 is 5.66. The van der Waals surface area contributed by atoms with Crippen LogP contribution in [0.5, 0.6) is 0 Å². The Morgan fingerprint density at radius 1 is 1.69 bits per heavy atom. The van der Waals surface area contributed by atoms with Crippen LogP contribution in [0, 0.1) is 0 Å². The van der Waals surface area contributed by atoms with E-state index in [1.165, 1.54) is 0 Å². The van der Waals surface area contributed by atoms with E-state index < -0.39 is 0 Å². The molecule has 2 aliphatic rings. The zero-order valence-electron chi connectivity index (χ0n) is 10.5. The van der Waals surface area contributed by atoms with E-state index in [0.717, 1.165) is 25.9 Å². The number of carbonyl (C=O) groups is 1. The summed E-state index contributed by atoms with van der Waals surface area (Å²) in [7, 11) is 0. The predicted molar refractivity (Wildman–Crippen MR) is 62.0 cm³/mol. The van der Waals surface area contributed by atoms with E-state index in [9.17, 15) is 4.79 Å². The van der Waals surface area contributed by atoms with Crippen molar-refractivity contribution in [1.82, 2.24) is 10.2 Å². The minimum absolute atomic E-state index is 0.191. The topological polar surface area (TPSA) is 41.6 Å². The number of hydrogen-bond acceptors (Lipinski definition) is 3. The highest BCUT2D eigenvalue weighted by atomic mass is 16.5. The number of rotatable bonds is 3. The zero-order valence-corrected chi connectivity index (χ0v) is 10.5. The van der Waals surface area contributed by atoms with Crippen LogP contribution in [0.3, 0.4) is 0 Å². The Morgan fingerprint density at radius 3 is 2.94 bits per heavy atom. The molecule has 16 heavy (non-hydrogen) atoms. The molecule has 0 bridgehead atoms. The first-order valence-electron chi connectivity index (χ1n) is 6.26. The van der Waals surface area contributed by atoms with Gasteiger partial charge in [0.05, 0.1) is 24.4 Å². The molecule has 2 fully saturated rings. The first-order valence-corrected chi connectivity index (χ1v) is 6.26. The SMILES string of the molecule is CCC1(C)NCN(C(C)C2CCCO2)C1=O. The summed E-state index contributed by atoms with van der Waals surface area (Å²) >= 11 is 0. The number of nitrogens with one attached hydrogen (secondary N) is 1. The van der Waals surface area contributed by atoms with Crippen LogP contribution in [-0.4, -0.2) is 41.8 Å². The lowest BCUT2D eigenvalue weighted by atomic mass is 9.98. The largest absolute Gasteiger partial charge is 0.376 e. The Labute approximate surface area is 97.3 Å². The van der Waals surface area contributed by atoms with Crippen LogP contribution in [0.4, 0.5) is 0 Å². The molecular weight excluding hydrogens is 204 g/mol. The summed E-state index contributed by atoms with van der Waals surface area (Å²) in [6.45, 7) is 7.62. The van der Waals surface area contributed by atoms with Gasteiger partial charge in [-0.3, -0.25) is 10.1 Å². The van der Waals surface area contributed by atoms with Gasteiger partial charge < -0.3 is 9.64 Å². The number of hydrogen-bond donors (Lipinski definition) is 1. The molecule has 0 radical (unpaired) electrons. The highest BCUT2D eigenvalue weighted by molar-refractivity contribution is 5.88. The van der Waals surface area contributed by atoms with Crippen LogP contribution in [-0.2, 0) is 9.53 Å². The second-order valence-electron chi connectivity index (χ2n) is 5.09. The summed E-state index contributed by atoms with van der Waals surface area (Å²) in [6, 6.07) is 0.191. The van der Waals surface area contributed by atoms with Crippen LogP contribution >= 0.6 is 0 Å². The average molecular weight is 226 g/mol. The first-order chi connectivity index (χ1) is 7.58. The Morgan fingerprint density at radius 2 is 2.44 bits per heavy atom. The molecule has 92 valence electrons. The van der Waals surface area contributed by atoms with Crippen molar-refractivity contribution in [2.75, 3.05) is 13.3 Å². The van der Waals surface area contributed by atoms with Crippen LogP contribution in [0.1, 0.15) is 40.0 Å². The highest BCUT2D eigenvalue weighted by Gasteiger charge is 2.44. The Bertz CT molecular complexity index is 276. The van der Waals surface area contributed by atoms with Crippen molar-refractivity contribution in [2.24, 2.45) is 0 Å². The fourth-order valence-corrected chi connectivity index (χ4v) is 2.51. The Hall–Kier alpha value is -0.610. The minimum Gasteiger partial charge on any atom is -0.376 e. The maximum atomic E-state index is 12.3. The van der Waals surface area contributed by atoms with Crippen LogP contribution in [0.15, 0.2) is 0 Å². The summed E-state index contributed by atoms with van der Waals surface area (Å²) in [6.07, 6.45) is 3.26. The van der Waals surface area contributed by atoms with Gasteiger partial charge in [0.15, 0.2) is 0 Å². The monoisotopic (exact) mass is 226 g/mol. The third-order valence-corrected chi connectivity index (χ3v) is 4.07. The van der Waals surface area contributed by atoms with Gasteiger partial charge in [0.1, 0.15) is 0 Å². The summed E-state index contributed by atoms with van der Waals surface area (Å²) in [5.74, 6) is 0.220. The smallest absolute Gasteiger partial charge is 0.243 e. The quantitative estimate of drug-likeness (QED) is 0.784. The van der Waals surface area contributed by atoms with Gasteiger partial charge in [-0.15, -0.1) is 0 Å². The van der Waals surface area contributed by atoms with E-state index in [0.29, 0.717) is 6.67 Å². The fraction of sp³-hybridized carbons (Fsp3) is 0.917. The molecule has 2 rings (SSSR count). The van der Waals surface area contributed by atoms with Crippen molar-refractivity contribution < 1.29 is 9.53 Å². The summed E-state index contributed by atoms with van der Waals surface area (Å²) in [4.78, 5) is 14.2. The average Bonchev–Trinajstić information content (AvgIpc) is 2.89. The van der Waals surface area contributed by atoms with E-state index >= 15 is 0 Å². The van der Waals surface area contributed by atoms with Gasteiger partial charge in [-0.1, -0.05) is 6.92 Å². The second kappa shape index (κ2) is 4.34. The lowest BCUT2D eigenvalue weighted by Crippen LogP contribution is -2.47. The summed E-state index contributed by atoms with van der Waals surface area (Å²) in [5, 5.41) is 3.31. The molecule has 3 atom stereocenters. The third kappa shape index (κ3) is 1.84. The van der Waals surface area contributed by atoms with E-state index in [4.69, 9.17) is 4.74 Å². The standard InChI is InChI=1S/C12H22N2O2/c1-4-12(3)11(15)14(8-13-12)9(2)10-6-5-7-16-10/h9-10,13H,4-8H2,1-3H3. The molecule has 0 spiro atoms. The van der Waals surface area contributed by atoms with Crippen molar-refractivity contribution in [3.8, 4) is 0 Å². The highest BCUT2D eigenvalue weighted by Crippen LogP contribution is 2.26. The number of ether oxygens (including phenoxy) is 1. The first kappa shape index (κ1) is 11.9. The minimum atomic E-state index is -0.368. The fourth-order valence-electron chi connectivity index (χ4n) is 2.51. The molecule has 2 heterocycles. The molecule has 2 aliphatic heterocycles. The maximum absolute atomic E-state index is 12.3. The van der Waals surface area contributed by atoms with E-state index in [1.54, 1.807) is 0 Å². The van der Waals surface area contributed by atoms with Crippen molar-refractivity contribution in [1.29, 1.82) is 0 Å². The van der Waals surface area contributed by atoms with Crippen LogP contribution < -0.4 is 5.32 Å². The third-order valence-electron chi connectivity index (χ3n) is 4.07. The number of carbonyl (C=O) groups excluding carboxylic acids is 1. The van der Waals surface area contributed by atoms with Gasteiger partial charge in [-0.2, -0.15) is 0 Å². The molecule has 4 nitrogen and oxygen atoms in total. The maximum Gasteiger partial charge on any atom is 0.243 e. The molecule has 1 N–H and O–H groups in total. The van der Waals surface area contributed by atoms with Crippen LogP contribution in [0.2, 0.25) is 0 Å². The van der Waals surface area contributed by atoms with Crippen molar-refractivity contribution in [3.05, 3.63) is 0 Å². The normalized spacial score (nSPS) is 37.1. The number of nitrogens with zero attached hydrogens (tertiary/aromatic N) is 1.